The van der Waals surface area contributed by atoms with Gasteiger partial charge in [-0.1, -0.05) is 5.10 Å². The summed E-state index contributed by atoms with van der Waals surface area (Å²) in [4.78, 5) is 20.5. The first-order chi connectivity index (χ1) is 4.22. The third kappa shape index (κ3) is 0.784. The Kier molecular flexibility index (Phi) is 1.03. The van der Waals surface area contributed by atoms with E-state index in [1.54, 1.807) is 0 Å². The molecule has 0 aliphatic carbocycles. The fraction of sp³-hybridized carbons (Fsp3) is 0. The molecule has 1 heterocycles. The van der Waals surface area contributed by atoms with Crippen LogP contribution in [0.5, 0.6) is 0 Å². The van der Waals surface area contributed by atoms with Crippen LogP contribution >= 0.6 is 0 Å². The quantitative estimate of drug-likeness (QED) is 0.391. The van der Waals surface area contributed by atoms with Crippen LogP contribution in [-0.4, -0.2) is 26.2 Å². The van der Waals surface area contributed by atoms with E-state index in [9.17, 15) is 9.59 Å². The smallest absolute Gasteiger partial charge is 0.350 e. The van der Waals surface area contributed by atoms with Crippen LogP contribution in [0.15, 0.2) is 4.79 Å². The van der Waals surface area contributed by atoms with Gasteiger partial charge < -0.3 is 5.73 Å². The van der Waals surface area contributed by atoms with E-state index in [-0.39, 0.29) is 0 Å². The first kappa shape index (κ1) is 5.48. The van der Waals surface area contributed by atoms with E-state index in [0.29, 0.717) is 4.68 Å². The number of primary amides is 1. The molecule has 0 aliphatic heterocycles. The van der Waals surface area contributed by atoms with Crippen LogP contribution in [0, 0.1) is 0 Å². The molecule has 0 saturated carbocycles. The molecule has 1 aromatic rings. The lowest BCUT2D eigenvalue weighted by molar-refractivity contribution is 0.246. The summed E-state index contributed by atoms with van der Waals surface area (Å²) in [6, 6.07) is -0.926. The zero-order valence-corrected chi connectivity index (χ0v) is 4.24. The first-order valence-corrected chi connectivity index (χ1v) is 2.01. The first-order valence-electron chi connectivity index (χ1n) is 2.01. The number of carbonyl (C=O) groups excluding carboxylic acids is 1. The van der Waals surface area contributed by atoms with E-state index in [1.165, 1.54) is 0 Å². The van der Waals surface area contributed by atoms with Crippen LogP contribution in [-0.2, 0) is 0 Å². The standard InChI is InChI=1S/C2H3N5O2/c3-1(8)7-2(9)4-5-6-7/h(H2,3,8)(H,4,6,9). The van der Waals surface area contributed by atoms with E-state index >= 15 is 0 Å². The SMILES string of the molecule is NC(=O)n1[nH]nnc1=O. The van der Waals surface area contributed by atoms with Gasteiger partial charge >= 0.3 is 11.7 Å². The van der Waals surface area contributed by atoms with Crippen molar-refractivity contribution in [1.82, 2.24) is 20.2 Å². The molecule has 9 heavy (non-hydrogen) atoms. The van der Waals surface area contributed by atoms with Gasteiger partial charge in [-0.2, -0.15) is 5.21 Å². The fourth-order valence-electron chi connectivity index (χ4n) is 0.341. The second-order valence-corrected chi connectivity index (χ2v) is 1.26. The van der Waals surface area contributed by atoms with Crippen LogP contribution in [0.25, 0.3) is 0 Å². The minimum Gasteiger partial charge on any atom is -0.350 e. The Morgan fingerprint density at radius 2 is 2.44 bits per heavy atom. The van der Waals surface area contributed by atoms with Crippen LogP contribution in [0.4, 0.5) is 4.79 Å². The van der Waals surface area contributed by atoms with E-state index in [0.717, 1.165) is 0 Å². The lowest BCUT2D eigenvalue weighted by Gasteiger charge is -1.84. The molecule has 0 aromatic carbocycles. The third-order valence-electron chi connectivity index (χ3n) is 0.692. The Labute approximate surface area is 48.4 Å². The fourth-order valence-corrected chi connectivity index (χ4v) is 0.341. The van der Waals surface area contributed by atoms with Gasteiger partial charge in [-0.05, 0) is 5.21 Å². The number of carbonyl (C=O) groups is 1. The summed E-state index contributed by atoms with van der Waals surface area (Å²) < 4.78 is 0.486. The number of hydrogen-bond acceptors (Lipinski definition) is 4. The van der Waals surface area contributed by atoms with Crippen LogP contribution in [0.1, 0.15) is 0 Å². The minimum atomic E-state index is -0.926. The molecular weight excluding hydrogens is 126 g/mol. The third-order valence-corrected chi connectivity index (χ3v) is 0.692. The average molecular weight is 129 g/mol. The highest BCUT2D eigenvalue weighted by Crippen LogP contribution is 1.60. The summed E-state index contributed by atoms with van der Waals surface area (Å²) in [5.41, 5.74) is 3.87. The number of rotatable bonds is 0. The van der Waals surface area contributed by atoms with Gasteiger partial charge in [-0.3, -0.25) is 0 Å². The van der Waals surface area contributed by atoms with Crippen LogP contribution in [0.2, 0.25) is 0 Å². The molecule has 48 valence electrons. The number of hydrogen-bond donors (Lipinski definition) is 2. The average Bonchev–Trinajstić information content (AvgIpc) is 2.13. The van der Waals surface area contributed by atoms with E-state index < -0.39 is 11.7 Å². The summed E-state index contributed by atoms with van der Waals surface area (Å²) in [5, 5.41) is 7.93. The van der Waals surface area contributed by atoms with Crippen molar-refractivity contribution in [2.45, 2.75) is 0 Å². The highest BCUT2D eigenvalue weighted by molar-refractivity contribution is 5.72. The monoisotopic (exact) mass is 129 g/mol. The van der Waals surface area contributed by atoms with Crippen molar-refractivity contribution >= 4 is 6.03 Å². The molecule has 0 bridgehead atoms. The van der Waals surface area contributed by atoms with Crippen molar-refractivity contribution in [3.8, 4) is 0 Å². The summed E-state index contributed by atoms with van der Waals surface area (Å²) >= 11 is 0. The molecular formula is C2H3N5O2. The van der Waals surface area contributed by atoms with Gasteiger partial charge in [-0.15, -0.1) is 4.68 Å². The maximum absolute atomic E-state index is 10.3. The minimum absolute atomic E-state index is 0.486. The van der Waals surface area contributed by atoms with Gasteiger partial charge in [0, 0.05) is 0 Å². The second-order valence-electron chi connectivity index (χ2n) is 1.26. The number of amides is 1. The van der Waals surface area contributed by atoms with Crippen molar-refractivity contribution in [2.24, 2.45) is 5.73 Å². The normalized spacial score (nSPS) is 9.33. The Morgan fingerprint density at radius 3 is 2.67 bits per heavy atom. The largest absolute Gasteiger partial charge is 0.392 e. The summed E-state index contributed by atoms with van der Waals surface area (Å²) in [5.74, 6) is 0. The van der Waals surface area contributed by atoms with Crippen molar-refractivity contribution in [2.75, 3.05) is 0 Å². The zero-order valence-electron chi connectivity index (χ0n) is 4.24. The van der Waals surface area contributed by atoms with Crippen molar-refractivity contribution in [1.29, 1.82) is 0 Å². The molecule has 3 N–H and O–H groups in total. The van der Waals surface area contributed by atoms with Gasteiger partial charge in [0.1, 0.15) is 0 Å². The molecule has 0 radical (unpaired) electrons. The molecule has 0 fully saturated rings. The highest BCUT2D eigenvalue weighted by Gasteiger charge is 2.01. The summed E-state index contributed by atoms with van der Waals surface area (Å²) in [6.07, 6.45) is 0. The topological polar surface area (TPSA) is 107 Å². The number of aromatic nitrogens is 4. The Balaban J connectivity index is 3.24. The number of nitrogens with one attached hydrogen (secondary N) is 1. The van der Waals surface area contributed by atoms with Crippen molar-refractivity contribution < 1.29 is 4.79 Å². The maximum atomic E-state index is 10.3. The van der Waals surface area contributed by atoms with Crippen molar-refractivity contribution in [3.05, 3.63) is 10.5 Å². The second kappa shape index (κ2) is 1.69. The zero-order chi connectivity index (χ0) is 6.85. The molecule has 1 amide bonds. The molecule has 0 saturated heterocycles. The lowest BCUT2D eigenvalue weighted by atomic mass is 11.0. The Morgan fingerprint density at radius 1 is 1.78 bits per heavy atom. The molecule has 0 spiro atoms. The lowest BCUT2D eigenvalue weighted by Crippen LogP contribution is -2.30. The van der Waals surface area contributed by atoms with E-state index in [2.05, 4.69) is 16.0 Å². The van der Waals surface area contributed by atoms with Gasteiger partial charge in [0.05, 0.1) is 0 Å². The van der Waals surface area contributed by atoms with Gasteiger partial charge in [0.15, 0.2) is 0 Å². The molecule has 0 aliphatic rings. The van der Waals surface area contributed by atoms with Gasteiger partial charge in [0.2, 0.25) is 0 Å². The number of tetrazole rings is 1. The highest BCUT2D eigenvalue weighted by atomic mass is 16.2. The number of H-pyrrole nitrogens is 1. The van der Waals surface area contributed by atoms with Gasteiger partial charge in [0.25, 0.3) is 0 Å². The molecule has 1 aromatic heterocycles. The predicted molar refractivity (Wildman–Crippen MR) is 25.6 cm³/mol. The predicted octanol–water partition coefficient (Wildman–Crippen LogP) is -2.11. The van der Waals surface area contributed by atoms with E-state index in [1.807, 2.05) is 5.21 Å². The Hall–Kier alpha value is -1.66. The Bertz CT molecular complexity index is 270. The van der Waals surface area contributed by atoms with Crippen LogP contribution < -0.4 is 11.4 Å². The van der Waals surface area contributed by atoms with Crippen LogP contribution in [0.3, 0.4) is 0 Å². The maximum Gasteiger partial charge on any atom is 0.392 e. The number of nitrogens with zero attached hydrogens (tertiary/aromatic N) is 3. The molecule has 1 rings (SSSR count). The number of aromatic amines is 1. The van der Waals surface area contributed by atoms with Gasteiger partial charge in [-0.25, -0.2) is 9.59 Å². The summed E-state index contributed by atoms with van der Waals surface area (Å²) in [7, 11) is 0. The van der Waals surface area contributed by atoms with E-state index in [4.69, 9.17) is 0 Å². The summed E-state index contributed by atoms with van der Waals surface area (Å²) in [6.45, 7) is 0. The molecule has 0 unspecified atom stereocenters. The molecule has 0 atom stereocenters. The molecule has 7 nitrogen and oxygen atoms in total. The molecule has 7 heteroatoms. The number of nitrogens with two attached hydrogens (primary N) is 1. The van der Waals surface area contributed by atoms with Crippen molar-refractivity contribution in [3.63, 3.8) is 0 Å².